The molecule has 1 aromatic carbocycles. The first kappa shape index (κ1) is 14.5. The summed E-state index contributed by atoms with van der Waals surface area (Å²) in [7, 11) is 0. The van der Waals surface area contributed by atoms with Crippen molar-refractivity contribution >= 4 is 28.4 Å². The molecule has 0 bridgehead atoms. The van der Waals surface area contributed by atoms with Crippen molar-refractivity contribution in [1.82, 2.24) is 10.3 Å². The van der Waals surface area contributed by atoms with E-state index in [2.05, 4.69) is 37.1 Å². The number of nitrogens with one attached hydrogen (secondary N) is 1. The van der Waals surface area contributed by atoms with Gasteiger partial charge in [-0.25, -0.2) is 4.79 Å². The number of aromatic nitrogens is 1. The van der Waals surface area contributed by atoms with Crippen LogP contribution in [0, 0.1) is 6.92 Å². The molecule has 2 heterocycles. The van der Waals surface area contributed by atoms with Gasteiger partial charge in [-0.05, 0) is 24.0 Å². The number of carbonyl (C=O) groups excluding carboxylic acids is 2. The molecule has 3 rings (SSSR count). The normalized spacial score (nSPS) is 15.5. The van der Waals surface area contributed by atoms with Gasteiger partial charge < -0.3 is 0 Å². The molecule has 1 N–H and O–H groups in total. The number of hydrogen-bond acceptors (Lipinski definition) is 3. The van der Waals surface area contributed by atoms with Gasteiger partial charge in [-0.2, -0.15) is 0 Å². The Hall–Kier alpha value is -2.43. The summed E-state index contributed by atoms with van der Waals surface area (Å²) in [4.78, 5) is 29.3. The summed E-state index contributed by atoms with van der Waals surface area (Å²) in [5.41, 5.74) is 3.22. The molecule has 5 nitrogen and oxygen atoms in total. The maximum Gasteiger partial charge on any atom is 0.328 e. The fraction of sp³-hybridized carbons (Fsp3) is 0.353. The molecule has 1 saturated heterocycles. The van der Waals surface area contributed by atoms with Crippen LogP contribution >= 0.6 is 0 Å². The quantitative estimate of drug-likeness (QED) is 0.926. The molecular weight excluding hydrogens is 278 g/mol. The smallest absolute Gasteiger partial charge is 0.291 e. The number of pyridine rings is 1. The maximum atomic E-state index is 12.1. The molecule has 0 spiro atoms. The van der Waals surface area contributed by atoms with Gasteiger partial charge in [-0.3, -0.25) is 20.0 Å². The molecule has 1 fully saturated rings. The van der Waals surface area contributed by atoms with E-state index in [1.165, 1.54) is 11.1 Å². The van der Waals surface area contributed by atoms with Gasteiger partial charge in [0.25, 0.3) is 0 Å². The lowest BCUT2D eigenvalue weighted by Crippen LogP contribution is -2.49. The highest BCUT2D eigenvalue weighted by Crippen LogP contribution is 2.32. The lowest BCUT2D eigenvalue weighted by Gasteiger charge is -2.27. The number of urea groups is 1. The Morgan fingerprint density at radius 2 is 1.95 bits per heavy atom. The first-order valence-electron chi connectivity index (χ1n) is 7.47. The average molecular weight is 297 g/mol. The number of anilines is 1. The minimum atomic E-state index is -0.379. The first-order valence-corrected chi connectivity index (χ1v) is 7.47. The minimum Gasteiger partial charge on any atom is -0.291 e. The van der Waals surface area contributed by atoms with Gasteiger partial charge in [0.2, 0.25) is 5.91 Å². The topological polar surface area (TPSA) is 62.3 Å². The van der Waals surface area contributed by atoms with Gasteiger partial charge in [0.05, 0.1) is 11.9 Å². The van der Waals surface area contributed by atoms with Crippen molar-refractivity contribution in [1.29, 1.82) is 0 Å². The predicted molar refractivity (Wildman–Crippen MR) is 86.1 cm³/mol. The number of imide groups is 1. The number of aryl methyl sites for hydroxylation is 1. The van der Waals surface area contributed by atoms with Crippen LogP contribution < -0.4 is 10.2 Å². The second kappa shape index (κ2) is 5.40. The summed E-state index contributed by atoms with van der Waals surface area (Å²) in [5, 5.41) is 4.39. The Morgan fingerprint density at radius 1 is 1.18 bits per heavy atom. The molecule has 22 heavy (non-hydrogen) atoms. The molecule has 1 aliphatic rings. The van der Waals surface area contributed by atoms with Crippen molar-refractivity contribution in [2.24, 2.45) is 0 Å². The van der Waals surface area contributed by atoms with Crippen LogP contribution in [0.15, 0.2) is 24.5 Å². The Kier molecular flexibility index (Phi) is 3.56. The summed E-state index contributed by atoms with van der Waals surface area (Å²) in [5.74, 6) is 0.205. The van der Waals surface area contributed by atoms with Crippen molar-refractivity contribution in [3.05, 3.63) is 35.7 Å². The molecule has 1 aromatic heterocycles. The molecule has 0 unspecified atom stereocenters. The van der Waals surface area contributed by atoms with E-state index in [1.54, 1.807) is 11.1 Å². The Labute approximate surface area is 129 Å². The summed E-state index contributed by atoms with van der Waals surface area (Å²) in [6.07, 6.45) is 3.84. The van der Waals surface area contributed by atoms with Crippen LogP contribution in [-0.2, 0) is 4.79 Å². The molecule has 5 heteroatoms. The minimum absolute atomic E-state index is 0.229. The average Bonchev–Trinajstić information content (AvgIpc) is 2.47. The van der Waals surface area contributed by atoms with Crippen molar-refractivity contribution in [3.8, 4) is 0 Å². The van der Waals surface area contributed by atoms with E-state index in [1.807, 2.05) is 12.3 Å². The third-order valence-corrected chi connectivity index (χ3v) is 4.20. The third kappa shape index (κ3) is 2.32. The van der Waals surface area contributed by atoms with Crippen LogP contribution in [0.1, 0.15) is 37.3 Å². The van der Waals surface area contributed by atoms with E-state index in [4.69, 9.17) is 0 Å². The molecule has 0 atom stereocenters. The van der Waals surface area contributed by atoms with Crippen LogP contribution in [-0.4, -0.2) is 23.5 Å². The Bertz CT molecular complexity index is 768. The van der Waals surface area contributed by atoms with Crippen molar-refractivity contribution in [2.75, 3.05) is 11.4 Å². The molecule has 3 amide bonds. The van der Waals surface area contributed by atoms with Crippen LogP contribution in [0.4, 0.5) is 10.5 Å². The van der Waals surface area contributed by atoms with Gasteiger partial charge in [-0.1, -0.05) is 26.0 Å². The molecular formula is C17H19N3O2. The van der Waals surface area contributed by atoms with Gasteiger partial charge in [0.1, 0.15) is 0 Å². The highest BCUT2D eigenvalue weighted by molar-refractivity contribution is 6.10. The summed E-state index contributed by atoms with van der Waals surface area (Å²) in [6, 6.07) is 3.77. The Morgan fingerprint density at radius 3 is 2.64 bits per heavy atom. The van der Waals surface area contributed by atoms with E-state index < -0.39 is 0 Å². The van der Waals surface area contributed by atoms with Gasteiger partial charge in [-0.15, -0.1) is 0 Å². The standard InChI is InChI=1S/C17H19N3O2/c1-10(2)12-4-5-13-14(11(12)3)8-18-9-15(13)20-7-6-16(21)19-17(20)22/h4-5,8-10H,6-7H2,1-3H3,(H,19,21,22). The molecule has 0 radical (unpaired) electrons. The monoisotopic (exact) mass is 297 g/mol. The molecule has 2 aromatic rings. The van der Waals surface area contributed by atoms with Gasteiger partial charge in [0.15, 0.2) is 0 Å². The zero-order valence-electron chi connectivity index (χ0n) is 13.0. The van der Waals surface area contributed by atoms with Crippen molar-refractivity contribution in [3.63, 3.8) is 0 Å². The zero-order valence-corrected chi connectivity index (χ0v) is 13.0. The van der Waals surface area contributed by atoms with Crippen molar-refractivity contribution in [2.45, 2.75) is 33.1 Å². The van der Waals surface area contributed by atoms with Crippen LogP contribution in [0.5, 0.6) is 0 Å². The summed E-state index contributed by atoms with van der Waals surface area (Å²) in [6.45, 7) is 6.80. The second-order valence-corrected chi connectivity index (χ2v) is 5.94. The Balaban J connectivity index is 2.14. The maximum absolute atomic E-state index is 12.1. The summed E-state index contributed by atoms with van der Waals surface area (Å²) < 4.78 is 0. The molecule has 1 aliphatic heterocycles. The number of nitrogens with zero attached hydrogens (tertiary/aromatic N) is 2. The number of benzene rings is 1. The zero-order chi connectivity index (χ0) is 15.9. The number of carbonyl (C=O) groups is 2. The van der Waals surface area contributed by atoms with Crippen LogP contribution in [0.3, 0.4) is 0 Å². The van der Waals surface area contributed by atoms with E-state index in [0.29, 0.717) is 18.9 Å². The van der Waals surface area contributed by atoms with Crippen LogP contribution in [0.25, 0.3) is 10.8 Å². The first-order chi connectivity index (χ1) is 10.5. The van der Waals surface area contributed by atoms with E-state index >= 15 is 0 Å². The van der Waals surface area contributed by atoms with E-state index in [9.17, 15) is 9.59 Å². The van der Waals surface area contributed by atoms with E-state index in [-0.39, 0.29) is 11.9 Å². The van der Waals surface area contributed by atoms with E-state index in [0.717, 1.165) is 16.5 Å². The summed E-state index contributed by atoms with van der Waals surface area (Å²) >= 11 is 0. The SMILES string of the molecule is Cc1c(C(C)C)ccc2c(N3CCC(=O)NC3=O)cncc12. The highest BCUT2D eigenvalue weighted by Gasteiger charge is 2.26. The third-order valence-electron chi connectivity index (χ3n) is 4.20. The van der Waals surface area contributed by atoms with Gasteiger partial charge in [0, 0.05) is 29.9 Å². The molecule has 0 aliphatic carbocycles. The fourth-order valence-corrected chi connectivity index (χ4v) is 3.02. The predicted octanol–water partition coefficient (Wildman–Crippen LogP) is 3.11. The molecule has 114 valence electrons. The lowest BCUT2D eigenvalue weighted by atomic mass is 9.93. The molecule has 0 saturated carbocycles. The van der Waals surface area contributed by atoms with Crippen molar-refractivity contribution < 1.29 is 9.59 Å². The largest absolute Gasteiger partial charge is 0.328 e. The van der Waals surface area contributed by atoms with Gasteiger partial charge >= 0.3 is 6.03 Å². The highest BCUT2D eigenvalue weighted by atomic mass is 16.2. The number of hydrogen-bond donors (Lipinski definition) is 1. The lowest BCUT2D eigenvalue weighted by molar-refractivity contribution is -0.120. The number of rotatable bonds is 2. The number of amides is 3. The second-order valence-electron chi connectivity index (χ2n) is 5.94. The van der Waals surface area contributed by atoms with Crippen LogP contribution in [0.2, 0.25) is 0 Å². The number of fused-ring (bicyclic) bond motifs is 1. The fourth-order valence-electron chi connectivity index (χ4n) is 3.02.